The van der Waals surface area contributed by atoms with Crippen molar-refractivity contribution in [1.82, 2.24) is 15.1 Å². The molecule has 1 aliphatic heterocycles. The minimum absolute atomic E-state index is 0.0114. The van der Waals surface area contributed by atoms with Crippen molar-refractivity contribution in [2.24, 2.45) is 15.9 Å². The summed E-state index contributed by atoms with van der Waals surface area (Å²) >= 11 is 0. The maximum atomic E-state index is 12.9. The highest BCUT2D eigenvalue weighted by molar-refractivity contribution is 6.00. The fourth-order valence-electron chi connectivity index (χ4n) is 2.24. The molecule has 1 aromatic rings. The molecular weight excluding hydrogens is 325 g/mol. The second-order valence-corrected chi connectivity index (χ2v) is 5.53. The Morgan fingerprint density at radius 1 is 1.42 bits per heavy atom. The van der Waals surface area contributed by atoms with Crippen LogP contribution >= 0.6 is 0 Å². The van der Waals surface area contributed by atoms with Gasteiger partial charge in [-0.1, -0.05) is 0 Å². The molecule has 7 nitrogen and oxygen atoms in total. The van der Waals surface area contributed by atoms with E-state index in [1.54, 1.807) is 18.0 Å². The van der Waals surface area contributed by atoms with Gasteiger partial charge in [-0.25, -0.2) is 9.98 Å². The summed E-state index contributed by atoms with van der Waals surface area (Å²) in [7, 11) is 3.04. The molecule has 2 unspecified atom stereocenters. The molecule has 0 spiro atoms. The molecule has 3 atom stereocenters. The van der Waals surface area contributed by atoms with Gasteiger partial charge in [0.05, 0.1) is 30.2 Å². The predicted octanol–water partition coefficient (Wildman–Crippen LogP) is 1.80. The van der Waals surface area contributed by atoms with Gasteiger partial charge in [-0.05, 0) is 20.9 Å². The summed E-state index contributed by atoms with van der Waals surface area (Å²) in [5, 5.41) is 9.71. The summed E-state index contributed by atoms with van der Waals surface area (Å²) in [5.74, 6) is -1.64. The van der Waals surface area contributed by atoms with Crippen LogP contribution in [0.1, 0.15) is 12.6 Å². The Morgan fingerprint density at radius 2 is 2.12 bits per heavy atom. The Labute approximate surface area is 138 Å². The van der Waals surface area contributed by atoms with Crippen molar-refractivity contribution in [3.8, 4) is 0 Å². The van der Waals surface area contributed by atoms with E-state index in [9.17, 15) is 13.2 Å². The molecule has 0 fully saturated rings. The molecule has 2 rings (SSSR count). The van der Waals surface area contributed by atoms with Gasteiger partial charge < -0.3 is 10.1 Å². The first-order valence-electron chi connectivity index (χ1n) is 7.44. The van der Waals surface area contributed by atoms with Crippen molar-refractivity contribution in [3.63, 3.8) is 0 Å². The van der Waals surface area contributed by atoms with Crippen LogP contribution in [0.5, 0.6) is 0 Å². The third-order valence-corrected chi connectivity index (χ3v) is 3.81. The monoisotopic (exact) mass is 346 g/mol. The van der Waals surface area contributed by atoms with Crippen molar-refractivity contribution in [2.75, 3.05) is 19.5 Å². The number of aromatic nitrogens is 2. The number of methoxy groups -OCH3 is 1. The van der Waals surface area contributed by atoms with Crippen molar-refractivity contribution in [2.45, 2.75) is 38.8 Å². The smallest absolute Gasteiger partial charge is 0.380 e. The number of hydrogen-bond donors (Lipinski definition) is 2. The van der Waals surface area contributed by atoms with Gasteiger partial charge in [0, 0.05) is 13.3 Å². The number of guanidine groups is 1. The summed E-state index contributed by atoms with van der Waals surface area (Å²) < 4.78 is 45.7. The maximum Gasteiger partial charge on any atom is 0.400 e. The lowest BCUT2D eigenvalue weighted by Crippen LogP contribution is -2.44. The van der Waals surface area contributed by atoms with Gasteiger partial charge in [0.2, 0.25) is 5.96 Å². The van der Waals surface area contributed by atoms with Crippen LogP contribution < -0.4 is 10.6 Å². The SMILES string of the molecule is CNC1N=C(Nc2cnn(C[C@H](C)OC)c2C)N=CC1C(F)(F)F. The Balaban J connectivity index is 2.12. The van der Waals surface area contributed by atoms with Crippen molar-refractivity contribution in [3.05, 3.63) is 11.9 Å². The molecule has 0 bridgehead atoms. The quantitative estimate of drug-likeness (QED) is 0.852. The minimum Gasteiger partial charge on any atom is -0.380 e. The van der Waals surface area contributed by atoms with E-state index in [1.165, 1.54) is 7.05 Å². The lowest BCUT2D eigenvalue weighted by Gasteiger charge is -2.26. The van der Waals surface area contributed by atoms with Crippen LogP contribution in [0.4, 0.5) is 18.9 Å². The zero-order valence-corrected chi connectivity index (χ0v) is 13.9. The van der Waals surface area contributed by atoms with E-state index < -0.39 is 18.3 Å². The third kappa shape index (κ3) is 4.12. The van der Waals surface area contributed by atoms with E-state index in [0.717, 1.165) is 11.9 Å². The molecule has 0 aromatic carbocycles. The second-order valence-electron chi connectivity index (χ2n) is 5.53. The number of ether oxygens (including phenoxy) is 1. The van der Waals surface area contributed by atoms with Gasteiger partial charge in [-0.2, -0.15) is 18.3 Å². The molecule has 10 heteroatoms. The summed E-state index contributed by atoms with van der Waals surface area (Å²) in [6, 6.07) is 0. The summed E-state index contributed by atoms with van der Waals surface area (Å²) in [6.07, 6.45) is -3.08. The molecule has 1 aliphatic rings. The lowest BCUT2D eigenvalue weighted by atomic mass is 10.1. The van der Waals surface area contributed by atoms with Gasteiger partial charge in [0.1, 0.15) is 12.1 Å². The zero-order chi connectivity index (χ0) is 17.9. The average Bonchev–Trinajstić information content (AvgIpc) is 2.86. The number of rotatable bonds is 5. The van der Waals surface area contributed by atoms with E-state index in [-0.39, 0.29) is 12.1 Å². The van der Waals surface area contributed by atoms with E-state index >= 15 is 0 Å². The van der Waals surface area contributed by atoms with Crippen molar-refractivity contribution < 1.29 is 17.9 Å². The number of hydrogen-bond acceptors (Lipinski definition) is 6. The highest BCUT2D eigenvalue weighted by Crippen LogP contribution is 2.29. The number of aliphatic imine (C=N–C) groups is 2. The number of halogens is 3. The van der Waals surface area contributed by atoms with Gasteiger partial charge in [0.25, 0.3) is 0 Å². The molecule has 0 amide bonds. The van der Waals surface area contributed by atoms with E-state index in [0.29, 0.717) is 12.2 Å². The number of alkyl halides is 3. The van der Waals surface area contributed by atoms with Gasteiger partial charge in [0.15, 0.2) is 0 Å². The fraction of sp³-hybridized carbons (Fsp3) is 0.643. The summed E-state index contributed by atoms with van der Waals surface area (Å²) in [5.41, 5.74) is 1.45. The van der Waals surface area contributed by atoms with Crippen LogP contribution in [0, 0.1) is 12.8 Å². The van der Waals surface area contributed by atoms with Gasteiger partial charge in [-0.15, -0.1) is 0 Å². The molecule has 2 N–H and O–H groups in total. The predicted molar refractivity (Wildman–Crippen MR) is 85.4 cm³/mol. The van der Waals surface area contributed by atoms with E-state index in [1.807, 2.05) is 13.8 Å². The number of anilines is 1. The molecule has 134 valence electrons. The highest BCUT2D eigenvalue weighted by atomic mass is 19.4. The van der Waals surface area contributed by atoms with Crippen LogP contribution in [0.2, 0.25) is 0 Å². The average molecular weight is 346 g/mol. The molecule has 24 heavy (non-hydrogen) atoms. The highest BCUT2D eigenvalue weighted by Gasteiger charge is 2.45. The Bertz CT molecular complexity index is 625. The molecule has 0 saturated heterocycles. The number of nitrogens with zero attached hydrogens (tertiary/aromatic N) is 4. The van der Waals surface area contributed by atoms with Crippen LogP contribution in [-0.2, 0) is 11.3 Å². The van der Waals surface area contributed by atoms with Gasteiger partial charge in [-0.3, -0.25) is 10.00 Å². The van der Waals surface area contributed by atoms with Crippen LogP contribution in [0.3, 0.4) is 0 Å². The fourth-order valence-corrected chi connectivity index (χ4v) is 2.24. The largest absolute Gasteiger partial charge is 0.400 e. The molecule has 0 aliphatic carbocycles. The molecule has 1 aromatic heterocycles. The van der Waals surface area contributed by atoms with E-state index in [2.05, 4.69) is 25.7 Å². The first kappa shape index (κ1) is 18.4. The van der Waals surface area contributed by atoms with Crippen molar-refractivity contribution in [1.29, 1.82) is 0 Å². The third-order valence-electron chi connectivity index (χ3n) is 3.81. The molecule has 0 radical (unpaired) electrons. The minimum atomic E-state index is -4.40. The first-order chi connectivity index (χ1) is 11.3. The number of nitrogens with one attached hydrogen (secondary N) is 2. The maximum absolute atomic E-state index is 12.9. The van der Waals surface area contributed by atoms with E-state index in [4.69, 9.17) is 4.74 Å². The Morgan fingerprint density at radius 3 is 2.71 bits per heavy atom. The topological polar surface area (TPSA) is 75.8 Å². The van der Waals surface area contributed by atoms with Crippen LogP contribution in [0.25, 0.3) is 0 Å². The van der Waals surface area contributed by atoms with Gasteiger partial charge >= 0.3 is 6.18 Å². The molecule has 0 saturated carbocycles. The molecule has 2 heterocycles. The Kier molecular flexibility index (Phi) is 5.60. The first-order valence-corrected chi connectivity index (χ1v) is 7.44. The zero-order valence-electron chi connectivity index (χ0n) is 13.9. The summed E-state index contributed by atoms with van der Waals surface area (Å²) in [6.45, 7) is 4.33. The summed E-state index contributed by atoms with van der Waals surface area (Å²) in [4.78, 5) is 7.78. The Hall–Kier alpha value is -1.94. The van der Waals surface area contributed by atoms with Crippen LogP contribution in [0.15, 0.2) is 16.2 Å². The normalized spacial score (nSPS) is 22.4. The lowest BCUT2D eigenvalue weighted by molar-refractivity contribution is -0.160. The van der Waals surface area contributed by atoms with Crippen LogP contribution in [-0.4, -0.2) is 54.6 Å². The second kappa shape index (κ2) is 7.31. The van der Waals surface area contributed by atoms with Crippen molar-refractivity contribution >= 4 is 17.9 Å². The standard InChI is InChI=1S/C14H21F3N6O/c1-8(24-4)7-23-9(2)11(6-20-23)21-13-19-5-10(14(15,16)17)12(18-3)22-13/h5-6,8,10,12,18H,7H2,1-4H3,(H,21,22)/t8-,10?,12?/m0/s1. The molecular formula is C14H21F3N6O.